The number of hydrogen-bond donors (Lipinski definition) is 5. The van der Waals surface area contributed by atoms with E-state index in [1.807, 2.05) is 43.0 Å². The van der Waals surface area contributed by atoms with Crippen molar-refractivity contribution in [3.63, 3.8) is 0 Å². The molecule has 1 atom stereocenters. The predicted octanol–water partition coefficient (Wildman–Crippen LogP) is 2.23. The van der Waals surface area contributed by atoms with Crippen molar-refractivity contribution in [2.75, 3.05) is 182 Å². The third-order valence-corrected chi connectivity index (χ3v) is 13.5. The smallest absolute Gasteiger partial charge is 0.434 e. The minimum atomic E-state index is -4.86. The average Bonchev–Trinajstić information content (AvgIpc) is 3.60. The molecular formula is C55H82F3N11O14. The summed E-state index contributed by atoms with van der Waals surface area (Å²) in [6.45, 7) is 12.4. The molecule has 83 heavy (non-hydrogen) atoms. The van der Waals surface area contributed by atoms with Gasteiger partial charge < -0.3 is 64.2 Å². The molecule has 3 aromatic rings. The van der Waals surface area contributed by atoms with Crippen LogP contribution in [0.2, 0.25) is 0 Å². The first-order valence-electron chi connectivity index (χ1n) is 28.2. The monoisotopic (exact) mass is 1180 g/mol. The Balaban J connectivity index is 0.981. The van der Waals surface area contributed by atoms with Gasteiger partial charge in [0.15, 0.2) is 5.69 Å². The molecule has 5 rings (SSSR count). The second-order valence-electron chi connectivity index (χ2n) is 19.6. The number of anilines is 1. The quantitative estimate of drug-likeness (QED) is 0.0536. The maximum atomic E-state index is 14.2. The summed E-state index contributed by atoms with van der Waals surface area (Å²) in [5, 5.41) is 34.6. The number of aromatic nitrogens is 3. The fourth-order valence-electron chi connectivity index (χ4n) is 9.38. The number of carbonyl (C=O) groups is 5. The van der Waals surface area contributed by atoms with Crippen LogP contribution in [0.15, 0.2) is 42.6 Å². The van der Waals surface area contributed by atoms with Crippen LogP contribution in [0.4, 0.5) is 18.9 Å². The first-order valence-corrected chi connectivity index (χ1v) is 28.2. The maximum Gasteiger partial charge on any atom is 0.434 e. The van der Waals surface area contributed by atoms with Gasteiger partial charge in [-0.05, 0) is 63.6 Å². The zero-order valence-corrected chi connectivity index (χ0v) is 47.8. The molecule has 0 aromatic carbocycles. The number of nitrogens with zero attached hydrogens (tertiary/aromatic N) is 9. The molecule has 25 nitrogen and oxygen atoms in total. The van der Waals surface area contributed by atoms with Gasteiger partial charge in [0.1, 0.15) is 0 Å². The van der Waals surface area contributed by atoms with E-state index in [-0.39, 0.29) is 103 Å². The summed E-state index contributed by atoms with van der Waals surface area (Å²) < 4.78 is 76.2. The molecule has 0 aliphatic carbocycles. The summed E-state index contributed by atoms with van der Waals surface area (Å²) >= 11 is 0. The molecule has 2 amide bonds. The minimum absolute atomic E-state index is 0.00416. The third kappa shape index (κ3) is 24.0. The lowest BCUT2D eigenvalue weighted by molar-refractivity contribution is -0.142. The topological polar surface area (TPSA) is 284 Å². The Morgan fingerprint density at radius 3 is 1.73 bits per heavy atom. The Morgan fingerprint density at radius 2 is 1.19 bits per heavy atom. The van der Waals surface area contributed by atoms with Crippen molar-refractivity contribution in [1.29, 1.82) is 0 Å². The highest BCUT2D eigenvalue weighted by Crippen LogP contribution is 2.35. The maximum absolute atomic E-state index is 14.2. The number of ether oxygens (including phenoxy) is 6. The van der Waals surface area contributed by atoms with Crippen molar-refractivity contribution in [2.45, 2.75) is 52.4 Å². The van der Waals surface area contributed by atoms with Gasteiger partial charge in [-0.3, -0.25) is 43.6 Å². The van der Waals surface area contributed by atoms with Crippen molar-refractivity contribution in [3.8, 4) is 23.0 Å². The fourth-order valence-corrected chi connectivity index (χ4v) is 9.38. The van der Waals surface area contributed by atoms with E-state index in [0.29, 0.717) is 123 Å². The lowest BCUT2D eigenvalue weighted by Crippen LogP contribution is -2.55. The van der Waals surface area contributed by atoms with Crippen molar-refractivity contribution in [1.82, 2.24) is 50.1 Å². The first kappa shape index (κ1) is 67.4. The van der Waals surface area contributed by atoms with Crippen LogP contribution >= 0.6 is 0 Å². The number of carbonyl (C=O) groups excluding carboxylic acids is 2. The second kappa shape index (κ2) is 36.4. The van der Waals surface area contributed by atoms with Gasteiger partial charge >= 0.3 is 24.1 Å². The molecule has 0 radical (unpaired) electrons. The Hall–Kier alpha value is -6.37. The molecule has 2 fully saturated rings. The average molecular weight is 1180 g/mol. The van der Waals surface area contributed by atoms with Crippen molar-refractivity contribution in [2.24, 2.45) is 0 Å². The highest BCUT2D eigenvalue weighted by Gasteiger charge is 2.40. The van der Waals surface area contributed by atoms with Crippen molar-refractivity contribution < 1.29 is 80.9 Å². The number of amides is 2. The minimum Gasteiger partial charge on any atom is -0.480 e. The van der Waals surface area contributed by atoms with E-state index in [1.54, 1.807) is 27.8 Å². The summed E-state index contributed by atoms with van der Waals surface area (Å²) in [6.07, 6.45) is -1.91. The van der Waals surface area contributed by atoms with E-state index < -0.39 is 41.2 Å². The summed E-state index contributed by atoms with van der Waals surface area (Å²) in [5.74, 6) is -3.86. The van der Waals surface area contributed by atoms with Crippen LogP contribution in [0.25, 0.3) is 11.3 Å². The molecule has 0 bridgehead atoms. The molecule has 5 N–H and O–H groups in total. The number of piperazine rings is 1. The Bertz CT molecular complexity index is 2450. The molecule has 2 aliphatic heterocycles. The zero-order valence-electron chi connectivity index (χ0n) is 47.8. The number of alkyl halides is 3. The number of aliphatic carboxylic acids is 3. The summed E-state index contributed by atoms with van der Waals surface area (Å²) in [5.41, 5.74) is 1.16. The van der Waals surface area contributed by atoms with Crippen LogP contribution < -0.4 is 25.0 Å². The van der Waals surface area contributed by atoms with E-state index in [2.05, 4.69) is 25.5 Å². The number of rotatable bonds is 34. The van der Waals surface area contributed by atoms with Gasteiger partial charge in [-0.2, -0.15) is 13.2 Å². The van der Waals surface area contributed by atoms with E-state index >= 15 is 0 Å². The Kier molecular flexibility index (Phi) is 29.5. The van der Waals surface area contributed by atoms with Gasteiger partial charge in [-0.25, -0.2) is 15.0 Å². The molecule has 3 aromatic heterocycles. The Labute approximate surface area is 482 Å². The molecule has 0 spiro atoms. The van der Waals surface area contributed by atoms with Crippen LogP contribution in [0.3, 0.4) is 0 Å². The van der Waals surface area contributed by atoms with Gasteiger partial charge in [-0.15, -0.1) is 0 Å². The summed E-state index contributed by atoms with van der Waals surface area (Å²) in [7, 11) is 0. The number of pyridine rings is 3. The SMILES string of the molecule is CCOc1ccc(C(=O)N2CCN(c3ccc(-c4cccnc4OCC)nc3CNCCCOCCOCCOCCOCCNC(=O)CN3CCN(CC(=O)O)CCN(CC(=O)O)CCN(CC(=O)O)CC3)[C@H](CC)C2)c(C(F)(F)F)n1. The van der Waals surface area contributed by atoms with Crippen LogP contribution in [0, 0.1) is 0 Å². The van der Waals surface area contributed by atoms with E-state index in [0.717, 1.165) is 23.0 Å². The van der Waals surface area contributed by atoms with Crippen LogP contribution in [0.1, 0.15) is 55.4 Å². The molecule has 28 heteroatoms. The summed E-state index contributed by atoms with van der Waals surface area (Å²) in [6, 6.07) is 9.77. The normalized spacial score (nSPS) is 16.5. The molecule has 5 heterocycles. The van der Waals surface area contributed by atoms with E-state index in [1.165, 1.54) is 11.0 Å². The van der Waals surface area contributed by atoms with Gasteiger partial charge in [0, 0.05) is 110 Å². The van der Waals surface area contributed by atoms with Crippen LogP contribution in [-0.2, 0) is 50.8 Å². The standard InChI is InChI=1S/C55H82F3N11O14/c1-4-41-36-68(54(77)43-10-13-48(82-5-2)63-52(43)55(56,57)58)25-26-69(41)46-12-11-44(42-9-7-15-61-53(42)83-6-3)62-45(46)35-59-14-8-27-78-29-31-80-33-34-81-32-30-79-28-16-60-47(70)37-64-17-19-65(38-49(71)72)21-23-67(40-51(75)76)24-22-66(20-18-64)39-50(73)74/h7,9-13,15,41,59H,4-6,8,14,16-40H2,1-3H3,(H,60,70)(H,71,72)(H,73,74)(H,75,76)/t41-/m1/s1. The number of carboxylic acids is 3. The highest BCUT2D eigenvalue weighted by atomic mass is 19.4. The first-order chi connectivity index (χ1) is 40.0. The highest BCUT2D eigenvalue weighted by molar-refractivity contribution is 5.96. The molecule has 2 saturated heterocycles. The second-order valence-corrected chi connectivity index (χ2v) is 19.6. The molecule has 0 saturated carbocycles. The number of hydrogen-bond acceptors (Lipinski definition) is 20. The zero-order chi connectivity index (χ0) is 60.0. The molecular weight excluding hydrogens is 1100 g/mol. The summed E-state index contributed by atoms with van der Waals surface area (Å²) in [4.78, 5) is 84.9. The molecule has 0 unspecified atom stereocenters. The third-order valence-electron chi connectivity index (χ3n) is 13.5. The van der Waals surface area contributed by atoms with E-state index in [9.17, 15) is 52.5 Å². The van der Waals surface area contributed by atoms with Crippen LogP contribution in [-0.4, -0.2) is 268 Å². The van der Waals surface area contributed by atoms with E-state index in [4.69, 9.17) is 33.4 Å². The number of halogens is 3. The largest absolute Gasteiger partial charge is 0.480 e. The lowest BCUT2D eigenvalue weighted by Gasteiger charge is -2.43. The van der Waals surface area contributed by atoms with Crippen molar-refractivity contribution in [3.05, 3.63) is 59.5 Å². The molecule has 462 valence electrons. The predicted molar refractivity (Wildman–Crippen MR) is 298 cm³/mol. The van der Waals surface area contributed by atoms with Gasteiger partial charge in [-0.1, -0.05) is 6.92 Å². The molecule has 2 aliphatic rings. The fraction of sp³-hybridized carbons (Fsp3) is 0.636. The van der Waals surface area contributed by atoms with Gasteiger partial charge in [0.25, 0.3) is 5.91 Å². The van der Waals surface area contributed by atoms with Gasteiger partial charge in [0.05, 0.1) is 114 Å². The lowest BCUT2D eigenvalue weighted by atomic mass is 10.0. The number of nitrogens with one attached hydrogen (secondary N) is 2. The van der Waals surface area contributed by atoms with Crippen LogP contribution in [0.5, 0.6) is 11.8 Å². The number of carboxylic acid groups (broad SMARTS) is 3. The Morgan fingerprint density at radius 1 is 0.639 bits per heavy atom. The van der Waals surface area contributed by atoms with Crippen molar-refractivity contribution >= 4 is 35.4 Å². The van der Waals surface area contributed by atoms with Gasteiger partial charge in [0.2, 0.25) is 17.7 Å².